The van der Waals surface area contributed by atoms with Crippen molar-refractivity contribution in [3.05, 3.63) is 42.1 Å². The summed E-state index contributed by atoms with van der Waals surface area (Å²) in [6.07, 6.45) is 1.25. The number of carbonyl (C=O) groups is 3. The van der Waals surface area contributed by atoms with E-state index in [1.54, 1.807) is 24.3 Å². The number of amides is 4. The van der Waals surface area contributed by atoms with Crippen LogP contribution >= 0.6 is 0 Å². The van der Waals surface area contributed by atoms with Gasteiger partial charge in [0.15, 0.2) is 0 Å². The van der Waals surface area contributed by atoms with Crippen molar-refractivity contribution >= 4 is 23.7 Å². The quantitative estimate of drug-likeness (QED) is 0.740. The molecule has 0 aliphatic rings. The van der Waals surface area contributed by atoms with E-state index < -0.39 is 17.8 Å². The van der Waals surface area contributed by atoms with Gasteiger partial charge < -0.3 is 5.73 Å². The Morgan fingerprint density at radius 1 is 1.14 bits per heavy atom. The lowest BCUT2D eigenvalue weighted by Gasteiger charge is -2.05. The summed E-state index contributed by atoms with van der Waals surface area (Å²) in [6.45, 7) is 1.16. The van der Waals surface area contributed by atoms with Crippen molar-refractivity contribution in [2.24, 2.45) is 0 Å². The maximum Gasteiger partial charge on any atom is 0.328 e. The second kappa shape index (κ2) is 5.87. The van der Waals surface area contributed by atoms with E-state index in [0.29, 0.717) is 5.69 Å². The van der Waals surface area contributed by atoms with E-state index in [1.807, 2.05) is 16.7 Å². The van der Waals surface area contributed by atoms with E-state index in [1.165, 1.54) is 10.9 Å². The van der Waals surface area contributed by atoms with Crippen molar-refractivity contribution in [3.63, 3.8) is 0 Å². The Morgan fingerprint density at radius 3 is 2.43 bits per heavy atom. The molecule has 21 heavy (non-hydrogen) atoms. The molecule has 0 bridgehead atoms. The Labute approximate surface area is 119 Å². The molecular formula is C13H13N5O3. The summed E-state index contributed by atoms with van der Waals surface area (Å²) in [4.78, 5) is 33.9. The van der Waals surface area contributed by atoms with E-state index in [-0.39, 0.29) is 11.4 Å². The lowest BCUT2D eigenvalue weighted by molar-refractivity contribution is -0.117. The van der Waals surface area contributed by atoms with Crippen LogP contribution in [0.5, 0.6) is 0 Å². The second-order valence-electron chi connectivity index (χ2n) is 4.16. The number of carbonyl (C=O) groups excluding carboxylic acids is 3. The molecule has 0 saturated carbocycles. The van der Waals surface area contributed by atoms with Crippen LogP contribution in [0, 0.1) is 0 Å². The minimum Gasteiger partial charge on any atom is -0.383 e. The average Bonchev–Trinajstić information content (AvgIpc) is 2.80. The van der Waals surface area contributed by atoms with Gasteiger partial charge in [-0.05, 0) is 12.1 Å². The standard InChI is InChI=1S/C13H13N5O3/c1-8(19)16-13(21)17-12(20)10-7-15-18(11(10)14)9-5-3-2-4-6-9/h2-7H,14H2,1H3,(H2,16,17,19,20,21). The van der Waals surface area contributed by atoms with E-state index in [4.69, 9.17) is 5.73 Å². The first-order chi connectivity index (χ1) is 9.99. The van der Waals surface area contributed by atoms with Gasteiger partial charge in [0.2, 0.25) is 5.91 Å². The van der Waals surface area contributed by atoms with Gasteiger partial charge in [-0.3, -0.25) is 20.2 Å². The third-order valence-electron chi connectivity index (χ3n) is 2.57. The van der Waals surface area contributed by atoms with Crippen LogP contribution in [-0.2, 0) is 4.79 Å². The average molecular weight is 287 g/mol. The first-order valence-corrected chi connectivity index (χ1v) is 6.01. The van der Waals surface area contributed by atoms with E-state index in [0.717, 1.165) is 6.92 Å². The van der Waals surface area contributed by atoms with Gasteiger partial charge in [-0.25, -0.2) is 9.48 Å². The number of rotatable bonds is 2. The first kappa shape index (κ1) is 14.3. The summed E-state index contributed by atoms with van der Waals surface area (Å²) in [5, 5.41) is 7.92. The summed E-state index contributed by atoms with van der Waals surface area (Å²) in [5.74, 6) is -1.23. The largest absolute Gasteiger partial charge is 0.383 e. The SMILES string of the molecule is CC(=O)NC(=O)NC(=O)c1cnn(-c2ccccc2)c1N. The van der Waals surface area contributed by atoms with Gasteiger partial charge in [0.1, 0.15) is 11.4 Å². The lowest BCUT2D eigenvalue weighted by atomic mass is 10.3. The molecule has 2 rings (SSSR count). The molecule has 4 N–H and O–H groups in total. The van der Waals surface area contributed by atoms with E-state index in [2.05, 4.69) is 5.10 Å². The Balaban J connectivity index is 2.19. The van der Waals surface area contributed by atoms with Crippen LogP contribution in [0.25, 0.3) is 5.69 Å². The molecule has 8 heteroatoms. The van der Waals surface area contributed by atoms with E-state index in [9.17, 15) is 14.4 Å². The van der Waals surface area contributed by atoms with Crippen LogP contribution in [0.3, 0.4) is 0 Å². The Morgan fingerprint density at radius 2 is 1.81 bits per heavy atom. The van der Waals surface area contributed by atoms with Gasteiger partial charge in [0.05, 0.1) is 11.9 Å². The van der Waals surface area contributed by atoms with Gasteiger partial charge >= 0.3 is 6.03 Å². The third-order valence-corrected chi connectivity index (χ3v) is 2.57. The summed E-state index contributed by atoms with van der Waals surface area (Å²) < 4.78 is 1.37. The maximum atomic E-state index is 11.9. The summed E-state index contributed by atoms with van der Waals surface area (Å²) >= 11 is 0. The van der Waals surface area contributed by atoms with Crippen LogP contribution < -0.4 is 16.4 Å². The van der Waals surface area contributed by atoms with Crippen LogP contribution in [0.4, 0.5) is 10.6 Å². The fourth-order valence-electron chi connectivity index (χ4n) is 1.67. The molecule has 1 heterocycles. The van der Waals surface area contributed by atoms with Crippen LogP contribution in [0.1, 0.15) is 17.3 Å². The Bertz CT molecular complexity index is 693. The predicted molar refractivity (Wildman–Crippen MR) is 74.7 cm³/mol. The number of benzene rings is 1. The minimum atomic E-state index is -0.917. The number of nitrogen functional groups attached to an aromatic ring is 1. The normalized spacial score (nSPS) is 9.95. The summed E-state index contributed by atoms with van der Waals surface area (Å²) in [7, 11) is 0. The number of hydrogen-bond donors (Lipinski definition) is 3. The predicted octanol–water partition coefficient (Wildman–Crippen LogP) is 0.440. The van der Waals surface area contributed by atoms with Gasteiger partial charge in [-0.1, -0.05) is 18.2 Å². The van der Waals surface area contributed by atoms with Gasteiger partial charge in [0.25, 0.3) is 5.91 Å². The molecule has 0 radical (unpaired) electrons. The number of anilines is 1. The van der Waals surface area contributed by atoms with Crippen molar-refractivity contribution in [2.75, 3.05) is 5.73 Å². The highest BCUT2D eigenvalue weighted by Crippen LogP contribution is 2.16. The zero-order valence-electron chi connectivity index (χ0n) is 11.2. The van der Waals surface area contributed by atoms with Crippen molar-refractivity contribution in [1.82, 2.24) is 20.4 Å². The van der Waals surface area contributed by atoms with Crippen molar-refractivity contribution < 1.29 is 14.4 Å². The van der Waals surface area contributed by atoms with Crippen molar-refractivity contribution in [1.29, 1.82) is 0 Å². The molecular weight excluding hydrogens is 274 g/mol. The van der Waals surface area contributed by atoms with Gasteiger partial charge in [0, 0.05) is 6.92 Å². The fourth-order valence-corrected chi connectivity index (χ4v) is 1.67. The molecule has 0 fully saturated rings. The minimum absolute atomic E-state index is 0.0394. The second-order valence-corrected chi connectivity index (χ2v) is 4.16. The zero-order chi connectivity index (χ0) is 15.4. The molecule has 0 saturated heterocycles. The summed E-state index contributed by atoms with van der Waals surface area (Å²) in [5.41, 5.74) is 6.58. The number of aromatic nitrogens is 2. The molecule has 0 spiro atoms. The zero-order valence-corrected chi connectivity index (χ0v) is 11.2. The Kier molecular flexibility index (Phi) is 3.98. The van der Waals surface area contributed by atoms with Gasteiger partial charge in [-0.15, -0.1) is 0 Å². The molecule has 2 aromatic rings. The molecule has 1 aromatic heterocycles. The number of hydrogen-bond acceptors (Lipinski definition) is 5. The van der Waals surface area contributed by atoms with Gasteiger partial charge in [-0.2, -0.15) is 5.10 Å². The van der Waals surface area contributed by atoms with Crippen LogP contribution in [0.2, 0.25) is 0 Å². The number of urea groups is 1. The monoisotopic (exact) mass is 287 g/mol. The summed E-state index contributed by atoms with van der Waals surface area (Å²) in [6, 6.07) is 8.07. The molecule has 8 nitrogen and oxygen atoms in total. The lowest BCUT2D eigenvalue weighted by Crippen LogP contribution is -2.41. The number of nitrogens with zero attached hydrogens (tertiary/aromatic N) is 2. The van der Waals surface area contributed by atoms with E-state index >= 15 is 0 Å². The van der Waals surface area contributed by atoms with Crippen LogP contribution in [-0.4, -0.2) is 27.6 Å². The molecule has 0 aliphatic heterocycles. The molecule has 0 unspecified atom stereocenters. The number of nitrogens with one attached hydrogen (secondary N) is 2. The first-order valence-electron chi connectivity index (χ1n) is 6.01. The highest BCUT2D eigenvalue weighted by Gasteiger charge is 2.18. The Hall–Kier alpha value is -3.16. The molecule has 108 valence electrons. The third kappa shape index (κ3) is 3.24. The maximum absolute atomic E-state index is 11.9. The molecule has 1 aromatic carbocycles. The van der Waals surface area contributed by atoms with Crippen LogP contribution in [0.15, 0.2) is 36.5 Å². The molecule has 0 atom stereocenters. The highest BCUT2D eigenvalue weighted by atomic mass is 16.2. The van der Waals surface area contributed by atoms with Crippen molar-refractivity contribution in [3.8, 4) is 5.69 Å². The number of imide groups is 2. The number of nitrogens with two attached hydrogens (primary N) is 1. The smallest absolute Gasteiger partial charge is 0.328 e. The molecule has 0 aliphatic carbocycles. The fraction of sp³-hybridized carbons (Fsp3) is 0.0769. The molecule has 4 amide bonds. The number of para-hydroxylation sites is 1. The van der Waals surface area contributed by atoms with Crippen molar-refractivity contribution in [2.45, 2.75) is 6.92 Å². The topological polar surface area (TPSA) is 119 Å². The highest BCUT2D eigenvalue weighted by molar-refractivity contribution is 6.09.